The molecule has 0 saturated heterocycles. The zero-order valence-electron chi connectivity index (χ0n) is 15.9. The van der Waals surface area contributed by atoms with E-state index in [1.165, 1.54) is 14.2 Å². The summed E-state index contributed by atoms with van der Waals surface area (Å²) in [7, 11) is 3.05. The molecule has 0 aromatic heterocycles. The van der Waals surface area contributed by atoms with Gasteiger partial charge in [-0.15, -0.1) is 0 Å². The number of amides is 1. The molecule has 1 N–H and O–H groups in total. The number of hydrogen-bond donors (Lipinski definition) is 1. The van der Waals surface area contributed by atoms with Crippen molar-refractivity contribution >= 4 is 50.7 Å². The quantitative estimate of drug-likeness (QED) is 0.621. The van der Waals surface area contributed by atoms with Crippen LogP contribution in [0.1, 0.15) is 25.8 Å². The van der Waals surface area contributed by atoms with Crippen LogP contribution in [0.25, 0.3) is 6.08 Å². The van der Waals surface area contributed by atoms with Crippen LogP contribution in [0.4, 0.5) is 0 Å². The Balaban J connectivity index is 2.55. The van der Waals surface area contributed by atoms with Gasteiger partial charge in [0.05, 0.1) is 25.7 Å². The molecule has 1 aromatic carbocycles. The molecule has 1 aliphatic rings. The highest BCUT2D eigenvalue weighted by atomic mass is 79.9. The average molecular weight is 470 g/mol. The number of ether oxygens (including phenoxy) is 3. The lowest BCUT2D eigenvalue weighted by atomic mass is 10.1. The summed E-state index contributed by atoms with van der Waals surface area (Å²) in [6.07, 6.45) is 1.84. The Morgan fingerprint density at radius 2 is 1.86 bits per heavy atom. The average Bonchev–Trinajstić information content (AvgIpc) is 2.97. The molecule has 2 rings (SSSR count). The minimum Gasteiger partial charge on any atom is -0.506 e. The molecule has 9 heteroatoms. The number of nitrogens with zero attached hydrogens (tertiary/aromatic N) is 1. The van der Waals surface area contributed by atoms with E-state index in [4.69, 9.17) is 14.2 Å². The van der Waals surface area contributed by atoms with Crippen LogP contribution >= 0.6 is 27.7 Å². The van der Waals surface area contributed by atoms with E-state index >= 15 is 0 Å². The standard InChI is InChI=1S/C19H20BrNO6S/c1-5-15(22)21-18-16(19(24)27-6-2)17(23)14(28-18)8-10-7-12(25-3)13(26-4)9-11(10)20/h7-9,23H,5-6H2,1-4H3/b14-8-,21-18?. The molecule has 0 aliphatic carbocycles. The van der Waals surface area contributed by atoms with Crippen LogP contribution in [-0.2, 0) is 14.3 Å². The first-order chi connectivity index (χ1) is 13.4. The second-order valence-electron chi connectivity index (χ2n) is 5.45. The molecule has 0 atom stereocenters. The van der Waals surface area contributed by atoms with Crippen molar-refractivity contribution in [3.05, 3.63) is 38.4 Å². The van der Waals surface area contributed by atoms with Crippen LogP contribution in [-0.4, -0.2) is 42.9 Å². The SMILES string of the molecule is CCOC(=O)C1=C(O)/C(=C/c2cc(OC)c(OC)cc2Br)SC1=NC(=O)CC. The lowest BCUT2D eigenvalue weighted by Gasteiger charge is -2.10. The Labute approximate surface area is 175 Å². The van der Waals surface area contributed by atoms with Gasteiger partial charge >= 0.3 is 5.97 Å². The van der Waals surface area contributed by atoms with E-state index in [9.17, 15) is 14.7 Å². The third-order valence-corrected chi connectivity index (χ3v) is 5.40. The van der Waals surface area contributed by atoms with Crippen molar-refractivity contribution in [1.29, 1.82) is 0 Å². The highest BCUT2D eigenvalue weighted by Crippen LogP contribution is 2.41. The number of methoxy groups -OCH3 is 2. The van der Waals surface area contributed by atoms with Gasteiger partial charge in [0.15, 0.2) is 11.5 Å². The predicted octanol–water partition coefficient (Wildman–Crippen LogP) is 4.26. The van der Waals surface area contributed by atoms with Crippen molar-refractivity contribution < 1.29 is 28.9 Å². The molecule has 0 unspecified atom stereocenters. The van der Waals surface area contributed by atoms with Gasteiger partial charge in [-0.2, -0.15) is 0 Å². The zero-order chi connectivity index (χ0) is 20.8. The lowest BCUT2D eigenvalue weighted by Crippen LogP contribution is -2.14. The first-order valence-electron chi connectivity index (χ1n) is 8.39. The summed E-state index contributed by atoms with van der Waals surface area (Å²) < 4.78 is 16.2. The number of halogens is 1. The molecule has 0 radical (unpaired) electrons. The van der Waals surface area contributed by atoms with Crippen LogP contribution in [0.5, 0.6) is 11.5 Å². The number of carbonyl (C=O) groups excluding carboxylic acids is 2. The van der Waals surface area contributed by atoms with Gasteiger partial charge in [0.25, 0.3) is 0 Å². The second-order valence-corrected chi connectivity index (χ2v) is 7.33. The van der Waals surface area contributed by atoms with E-state index < -0.39 is 11.9 Å². The topological polar surface area (TPSA) is 94.4 Å². The third kappa shape index (κ3) is 4.77. The fourth-order valence-corrected chi connectivity index (χ4v) is 3.77. The Kier molecular flexibility index (Phi) is 7.70. The van der Waals surface area contributed by atoms with E-state index in [1.54, 1.807) is 32.1 Å². The number of esters is 1. The summed E-state index contributed by atoms with van der Waals surface area (Å²) in [6, 6.07) is 3.45. The Morgan fingerprint density at radius 3 is 2.43 bits per heavy atom. The van der Waals surface area contributed by atoms with Gasteiger partial charge in [0.1, 0.15) is 16.4 Å². The van der Waals surface area contributed by atoms with Gasteiger partial charge in [-0.3, -0.25) is 4.79 Å². The largest absolute Gasteiger partial charge is 0.506 e. The van der Waals surface area contributed by atoms with Crippen LogP contribution < -0.4 is 9.47 Å². The molecular formula is C19H20BrNO6S. The molecule has 1 aliphatic heterocycles. The molecule has 1 aromatic rings. The summed E-state index contributed by atoms with van der Waals surface area (Å²) >= 11 is 4.48. The molecule has 1 heterocycles. The zero-order valence-corrected chi connectivity index (χ0v) is 18.3. The van der Waals surface area contributed by atoms with E-state index in [0.717, 1.165) is 11.8 Å². The van der Waals surface area contributed by atoms with Crippen LogP contribution in [0.2, 0.25) is 0 Å². The number of carbonyl (C=O) groups is 2. The Bertz CT molecular complexity index is 891. The number of aliphatic imine (C=N–C) groups is 1. The monoisotopic (exact) mass is 469 g/mol. The van der Waals surface area contributed by atoms with Gasteiger partial charge in [-0.05, 0) is 30.7 Å². The van der Waals surface area contributed by atoms with Crippen LogP contribution in [0.3, 0.4) is 0 Å². The highest BCUT2D eigenvalue weighted by molar-refractivity contribution is 9.10. The number of rotatable bonds is 6. The molecule has 0 spiro atoms. The van der Waals surface area contributed by atoms with Crippen molar-refractivity contribution in [3.63, 3.8) is 0 Å². The smallest absolute Gasteiger partial charge is 0.344 e. The molecule has 28 heavy (non-hydrogen) atoms. The summed E-state index contributed by atoms with van der Waals surface area (Å²) in [5, 5.41) is 10.7. The molecule has 0 saturated carbocycles. The van der Waals surface area contributed by atoms with Crippen molar-refractivity contribution in [2.45, 2.75) is 20.3 Å². The van der Waals surface area contributed by atoms with E-state index in [1.807, 2.05) is 0 Å². The van der Waals surface area contributed by atoms with E-state index in [2.05, 4.69) is 20.9 Å². The summed E-state index contributed by atoms with van der Waals surface area (Å²) in [5.41, 5.74) is 0.564. The van der Waals surface area contributed by atoms with Gasteiger partial charge in [0.2, 0.25) is 5.91 Å². The number of benzene rings is 1. The summed E-state index contributed by atoms with van der Waals surface area (Å²) in [5.74, 6) is -0.369. The van der Waals surface area contributed by atoms with Gasteiger partial charge in [-0.1, -0.05) is 34.6 Å². The molecule has 7 nitrogen and oxygen atoms in total. The van der Waals surface area contributed by atoms with E-state index in [0.29, 0.717) is 26.4 Å². The summed E-state index contributed by atoms with van der Waals surface area (Å²) in [6.45, 7) is 3.45. The maximum Gasteiger partial charge on any atom is 0.344 e. The van der Waals surface area contributed by atoms with E-state index in [-0.39, 0.29) is 29.4 Å². The first kappa shape index (κ1) is 22.0. The second kappa shape index (κ2) is 9.79. The maximum atomic E-state index is 12.3. The molecular weight excluding hydrogens is 450 g/mol. The number of thioether (sulfide) groups is 1. The molecule has 0 fully saturated rings. The minimum atomic E-state index is -0.732. The Hall–Kier alpha value is -2.26. The van der Waals surface area contributed by atoms with Crippen LogP contribution in [0, 0.1) is 0 Å². The fraction of sp³-hybridized carbons (Fsp3) is 0.316. The maximum absolute atomic E-state index is 12.3. The Morgan fingerprint density at radius 1 is 1.21 bits per heavy atom. The predicted molar refractivity (Wildman–Crippen MR) is 112 cm³/mol. The third-order valence-electron chi connectivity index (χ3n) is 3.69. The molecule has 150 valence electrons. The van der Waals surface area contributed by atoms with Crippen molar-refractivity contribution in [1.82, 2.24) is 0 Å². The molecule has 0 bridgehead atoms. The minimum absolute atomic E-state index is 0.114. The summed E-state index contributed by atoms with van der Waals surface area (Å²) in [4.78, 5) is 28.3. The number of aliphatic hydroxyl groups excluding tert-OH is 1. The van der Waals surface area contributed by atoms with Crippen molar-refractivity contribution in [2.24, 2.45) is 4.99 Å². The molecule has 1 amide bonds. The first-order valence-corrected chi connectivity index (χ1v) is 10.0. The van der Waals surface area contributed by atoms with Crippen LogP contribution in [0.15, 0.2) is 37.8 Å². The highest BCUT2D eigenvalue weighted by Gasteiger charge is 2.33. The number of hydrogen-bond acceptors (Lipinski definition) is 7. The van der Waals surface area contributed by atoms with Gasteiger partial charge < -0.3 is 19.3 Å². The normalized spacial score (nSPS) is 16.6. The number of aliphatic hydroxyl groups is 1. The fourth-order valence-electron chi connectivity index (χ4n) is 2.31. The van der Waals surface area contributed by atoms with Gasteiger partial charge in [-0.25, -0.2) is 9.79 Å². The van der Waals surface area contributed by atoms with Gasteiger partial charge in [0, 0.05) is 10.9 Å². The lowest BCUT2D eigenvalue weighted by molar-refractivity contribution is -0.138. The van der Waals surface area contributed by atoms with Crippen molar-refractivity contribution in [2.75, 3.05) is 20.8 Å². The van der Waals surface area contributed by atoms with Crippen molar-refractivity contribution in [3.8, 4) is 11.5 Å².